The van der Waals surface area contributed by atoms with Gasteiger partial charge in [-0.2, -0.15) is 0 Å². The lowest BCUT2D eigenvalue weighted by molar-refractivity contribution is -0.136. The van der Waals surface area contributed by atoms with Crippen LogP contribution in [0.1, 0.15) is 57.2 Å². The number of carbonyl (C=O) groups excluding carboxylic acids is 1. The molecule has 1 aromatic heterocycles. The summed E-state index contributed by atoms with van der Waals surface area (Å²) in [5.74, 6) is 0.0960. The van der Waals surface area contributed by atoms with E-state index in [0.717, 1.165) is 43.4 Å². The van der Waals surface area contributed by atoms with Crippen molar-refractivity contribution in [3.63, 3.8) is 0 Å². The third kappa shape index (κ3) is 7.32. The van der Waals surface area contributed by atoms with Gasteiger partial charge < -0.3 is 14.2 Å². The highest BCUT2D eigenvalue weighted by atomic mass is 19.1. The largest absolute Gasteiger partial charge is 0.385 e. The molecule has 0 aliphatic heterocycles. The van der Waals surface area contributed by atoms with Gasteiger partial charge in [0, 0.05) is 44.6 Å². The van der Waals surface area contributed by atoms with E-state index < -0.39 is 0 Å². The van der Waals surface area contributed by atoms with Crippen molar-refractivity contribution < 1.29 is 13.9 Å². The number of ether oxygens (including phenoxy) is 1. The quantitative estimate of drug-likeness (QED) is 0.429. The fourth-order valence-corrected chi connectivity index (χ4v) is 3.61. The van der Waals surface area contributed by atoms with Gasteiger partial charge in [0.15, 0.2) is 0 Å². The van der Waals surface area contributed by atoms with E-state index in [1.54, 1.807) is 19.2 Å². The van der Waals surface area contributed by atoms with Crippen LogP contribution in [0.25, 0.3) is 0 Å². The van der Waals surface area contributed by atoms with E-state index in [4.69, 9.17) is 4.74 Å². The molecule has 1 atom stereocenters. The summed E-state index contributed by atoms with van der Waals surface area (Å²) in [6.45, 7) is 6.84. The highest BCUT2D eigenvalue weighted by Gasteiger charge is 2.23. The van der Waals surface area contributed by atoms with Crippen LogP contribution in [0.2, 0.25) is 0 Å². The highest BCUT2D eigenvalue weighted by Crippen LogP contribution is 2.19. The van der Waals surface area contributed by atoms with Gasteiger partial charge in [-0.25, -0.2) is 4.39 Å². The standard InChI is InChI=1S/C24H35FN2O2/c1-4-6-9-21(5-2)24(28)27(16-8-17-29-3)19-23-10-7-15-26(23)18-20-11-13-22(25)14-12-20/h7,10-15,21H,4-6,8-9,16-19H2,1-3H3/t21-/m0/s1. The summed E-state index contributed by atoms with van der Waals surface area (Å²) in [7, 11) is 1.69. The van der Waals surface area contributed by atoms with E-state index in [0.29, 0.717) is 26.2 Å². The Morgan fingerprint density at radius 3 is 2.59 bits per heavy atom. The van der Waals surface area contributed by atoms with Crippen LogP contribution in [-0.2, 0) is 22.6 Å². The number of hydrogen-bond donors (Lipinski definition) is 0. The Labute approximate surface area is 174 Å². The van der Waals surface area contributed by atoms with Crippen molar-refractivity contribution in [2.45, 2.75) is 59.0 Å². The molecule has 0 aliphatic carbocycles. The monoisotopic (exact) mass is 402 g/mol. The predicted octanol–water partition coefficient (Wildman–Crippen LogP) is 5.26. The molecule has 0 N–H and O–H groups in total. The summed E-state index contributed by atoms with van der Waals surface area (Å²) in [5, 5.41) is 0. The summed E-state index contributed by atoms with van der Waals surface area (Å²) in [6, 6.07) is 10.6. The molecule has 0 unspecified atom stereocenters. The SMILES string of the molecule is CCCC[C@H](CC)C(=O)N(CCCOC)Cc1cccn1Cc1ccc(F)cc1. The van der Waals surface area contributed by atoms with Crippen LogP contribution < -0.4 is 0 Å². The number of halogens is 1. The Balaban J connectivity index is 2.12. The summed E-state index contributed by atoms with van der Waals surface area (Å²) >= 11 is 0. The van der Waals surface area contributed by atoms with Crippen LogP contribution in [-0.4, -0.2) is 35.6 Å². The van der Waals surface area contributed by atoms with Gasteiger partial charge in [0.25, 0.3) is 0 Å². The fraction of sp³-hybridized carbons (Fsp3) is 0.542. The summed E-state index contributed by atoms with van der Waals surface area (Å²) in [6.07, 6.45) is 6.85. The molecule has 0 saturated heterocycles. The van der Waals surface area contributed by atoms with Gasteiger partial charge in [0.1, 0.15) is 5.82 Å². The first-order valence-corrected chi connectivity index (χ1v) is 10.7. The number of unbranched alkanes of at least 4 members (excludes halogenated alkanes) is 1. The van der Waals surface area contributed by atoms with E-state index in [-0.39, 0.29) is 17.6 Å². The molecule has 1 amide bonds. The van der Waals surface area contributed by atoms with Crippen LogP contribution >= 0.6 is 0 Å². The van der Waals surface area contributed by atoms with Crippen LogP contribution in [0.3, 0.4) is 0 Å². The maximum atomic E-state index is 13.2. The number of aromatic nitrogens is 1. The van der Waals surface area contributed by atoms with Crippen molar-refractivity contribution in [2.75, 3.05) is 20.3 Å². The number of hydrogen-bond acceptors (Lipinski definition) is 2. The molecule has 2 rings (SSSR count). The first-order chi connectivity index (χ1) is 14.1. The molecule has 4 nitrogen and oxygen atoms in total. The molecule has 0 radical (unpaired) electrons. The van der Waals surface area contributed by atoms with Crippen molar-refractivity contribution in [1.82, 2.24) is 9.47 Å². The molecule has 0 spiro atoms. The Hall–Kier alpha value is -2.14. The normalized spacial score (nSPS) is 12.1. The van der Waals surface area contributed by atoms with E-state index in [1.165, 1.54) is 12.1 Å². The molecule has 2 aromatic rings. The molecule has 0 saturated carbocycles. The average molecular weight is 403 g/mol. The second-order valence-corrected chi connectivity index (χ2v) is 7.61. The molecular weight excluding hydrogens is 367 g/mol. The number of benzene rings is 1. The van der Waals surface area contributed by atoms with E-state index in [9.17, 15) is 9.18 Å². The molecule has 1 aromatic carbocycles. The van der Waals surface area contributed by atoms with Crippen molar-refractivity contribution in [1.29, 1.82) is 0 Å². The second-order valence-electron chi connectivity index (χ2n) is 7.61. The lowest BCUT2D eigenvalue weighted by atomic mass is 9.97. The first-order valence-electron chi connectivity index (χ1n) is 10.7. The fourth-order valence-electron chi connectivity index (χ4n) is 3.61. The number of methoxy groups -OCH3 is 1. The topological polar surface area (TPSA) is 34.5 Å². The van der Waals surface area contributed by atoms with Gasteiger partial charge in [0.2, 0.25) is 5.91 Å². The smallest absolute Gasteiger partial charge is 0.226 e. The number of rotatable bonds is 13. The Morgan fingerprint density at radius 1 is 1.17 bits per heavy atom. The van der Waals surface area contributed by atoms with Crippen molar-refractivity contribution >= 4 is 5.91 Å². The third-order valence-corrected chi connectivity index (χ3v) is 5.38. The van der Waals surface area contributed by atoms with Crippen LogP contribution in [0, 0.1) is 11.7 Å². The minimum absolute atomic E-state index is 0.0815. The molecular formula is C24H35FN2O2. The zero-order chi connectivity index (χ0) is 21.1. The minimum atomic E-state index is -0.228. The van der Waals surface area contributed by atoms with Gasteiger partial charge >= 0.3 is 0 Å². The minimum Gasteiger partial charge on any atom is -0.385 e. The first kappa shape index (κ1) is 23.1. The van der Waals surface area contributed by atoms with E-state index in [2.05, 4.69) is 24.5 Å². The Bertz CT molecular complexity index is 727. The molecule has 160 valence electrons. The summed E-state index contributed by atoms with van der Waals surface area (Å²) in [5.41, 5.74) is 2.13. The Kier molecular flexibility index (Phi) is 9.92. The molecule has 0 bridgehead atoms. The number of nitrogens with zero attached hydrogens (tertiary/aromatic N) is 2. The summed E-state index contributed by atoms with van der Waals surface area (Å²) < 4.78 is 20.5. The van der Waals surface area contributed by atoms with Crippen molar-refractivity contribution in [3.05, 3.63) is 59.7 Å². The molecule has 0 fully saturated rings. The van der Waals surface area contributed by atoms with Gasteiger partial charge in [-0.1, -0.05) is 38.8 Å². The number of amides is 1. The maximum absolute atomic E-state index is 13.2. The molecule has 29 heavy (non-hydrogen) atoms. The highest BCUT2D eigenvalue weighted by molar-refractivity contribution is 5.78. The molecule has 1 heterocycles. The van der Waals surface area contributed by atoms with Crippen LogP contribution in [0.4, 0.5) is 4.39 Å². The average Bonchev–Trinajstić information content (AvgIpc) is 3.16. The van der Waals surface area contributed by atoms with Gasteiger partial charge in [-0.15, -0.1) is 0 Å². The molecule has 5 heteroatoms. The predicted molar refractivity (Wildman–Crippen MR) is 115 cm³/mol. The Morgan fingerprint density at radius 2 is 1.93 bits per heavy atom. The maximum Gasteiger partial charge on any atom is 0.226 e. The zero-order valence-electron chi connectivity index (χ0n) is 18.1. The second kappa shape index (κ2) is 12.4. The van der Waals surface area contributed by atoms with Gasteiger partial charge in [-0.05, 0) is 49.1 Å². The molecule has 0 aliphatic rings. The number of carbonyl (C=O) groups is 1. The third-order valence-electron chi connectivity index (χ3n) is 5.38. The summed E-state index contributed by atoms with van der Waals surface area (Å²) in [4.78, 5) is 15.2. The lowest BCUT2D eigenvalue weighted by Crippen LogP contribution is -2.37. The lowest BCUT2D eigenvalue weighted by Gasteiger charge is -2.28. The van der Waals surface area contributed by atoms with Gasteiger partial charge in [-0.3, -0.25) is 4.79 Å². The van der Waals surface area contributed by atoms with Gasteiger partial charge in [0.05, 0.1) is 6.54 Å². The van der Waals surface area contributed by atoms with Crippen LogP contribution in [0.5, 0.6) is 0 Å². The van der Waals surface area contributed by atoms with Crippen molar-refractivity contribution in [2.24, 2.45) is 5.92 Å². The van der Waals surface area contributed by atoms with Crippen LogP contribution in [0.15, 0.2) is 42.6 Å². The van der Waals surface area contributed by atoms with E-state index in [1.807, 2.05) is 17.2 Å². The van der Waals surface area contributed by atoms with E-state index >= 15 is 0 Å². The van der Waals surface area contributed by atoms with Crippen molar-refractivity contribution in [3.8, 4) is 0 Å². The zero-order valence-corrected chi connectivity index (χ0v) is 18.1.